The van der Waals surface area contributed by atoms with Crippen molar-refractivity contribution in [2.45, 2.75) is 38.3 Å². The molecule has 1 aromatic carbocycles. The summed E-state index contributed by atoms with van der Waals surface area (Å²) in [7, 11) is 0. The number of anilines is 1. The lowest BCUT2D eigenvalue weighted by molar-refractivity contribution is 0.100. The molecule has 0 aliphatic carbocycles. The van der Waals surface area contributed by atoms with Gasteiger partial charge in [-0.25, -0.2) is 0 Å². The molecule has 4 heteroatoms. The molecular formula is C14H21N3O. The molecule has 0 saturated carbocycles. The predicted molar refractivity (Wildman–Crippen MR) is 73.6 cm³/mol. The van der Waals surface area contributed by atoms with E-state index in [1.54, 1.807) is 6.07 Å². The van der Waals surface area contributed by atoms with Crippen LogP contribution in [-0.4, -0.2) is 24.5 Å². The van der Waals surface area contributed by atoms with Gasteiger partial charge in [0, 0.05) is 24.3 Å². The number of hydrogen-bond acceptors (Lipinski definition) is 3. The van der Waals surface area contributed by atoms with Crippen LogP contribution in [0.15, 0.2) is 24.3 Å². The monoisotopic (exact) mass is 247 g/mol. The summed E-state index contributed by atoms with van der Waals surface area (Å²) in [5, 5.41) is 0. The van der Waals surface area contributed by atoms with Crippen LogP contribution in [0.5, 0.6) is 0 Å². The van der Waals surface area contributed by atoms with Crippen LogP contribution < -0.4 is 16.4 Å². The van der Waals surface area contributed by atoms with Crippen molar-refractivity contribution in [2.75, 3.05) is 11.4 Å². The number of amides is 1. The van der Waals surface area contributed by atoms with Crippen molar-refractivity contribution in [1.82, 2.24) is 0 Å². The Morgan fingerprint density at radius 2 is 2.11 bits per heavy atom. The first-order valence-corrected chi connectivity index (χ1v) is 6.52. The molecule has 4 nitrogen and oxygen atoms in total. The van der Waals surface area contributed by atoms with Gasteiger partial charge in [-0.2, -0.15) is 0 Å². The maximum Gasteiger partial charge on any atom is 0.250 e. The highest BCUT2D eigenvalue weighted by atomic mass is 16.1. The lowest BCUT2D eigenvalue weighted by atomic mass is 9.95. The minimum absolute atomic E-state index is 0.0891. The molecule has 18 heavy (non-hydrogen) atoms. The highest BCUT2D eigenvalue weighted by Crippen LogP contribution is 2.28. The van der Waals surface area contributed by atoms with Crippen LogP contribution in [-0.2, 0) is 0 Å². The van der Waals surface area contributed by atoms with Crippen LogP contribution in [0.3, 0.4) is 0 Å². The predicted octanol–water partition coefficient (Wildman–Crippen LogP) is 1.49. The Morgan fingerprint density at radius 1 is 1.39 bits per heavy atom. The van der Waals surface area contributed by atoms with Gasteiger partial charge in [0.1, 0.15) is 0 Å². The molecule has 2 rings (SSSR count). The van der Waals surface area contributed by atoms with Gasteiger partial charge in [-0.05, 0) is 38.3 Å². The number of carbonyl (C=O) groups is 1. The summed E-state index contributed by atoms with van der Waals surface area (Å²) >= 11 is 0. The Hall–Kier alpha value is -1.55. The summed E-state index contributed by atoms with van der Waals surface area (Å²) in [6, 6.07) is 7.90. The van der Waals surface area contributed by atoms with Crippen LogP contribution in [0.1, 0.15) is 36.5 Å². The largest absolute Gasteiger partial charge is 0.366 e. The highest BCUT2D eigenvalue weighted by molar-refractivity contribution is 5.98. The fourth-order valence-corrected chi connectivity index (χ4v) is 2.74. The maximum atomic E-state index is 11.5. The average molecular weight is 247 g/mol. The van der Waals surface area contributed by atoms with Crippen molar-refractivity contribution in [1.29, 1.82) is 0 Å². The Kier molecular flexibility index (Phi) is 3.87. The lowest BCUT2D eigenvalue weighted by Crippen LogP contribution is -2.49. The fraction of sp³-hybridized carbons (Fsp3) is 0.500. The second-order valence-corrected chi connectivity index (χ2v) is 5.00. The van der Waals surface area contributed by atoms with Gasteiger partial charge in [-0.1, -0.05) is 12.1 Å². The van der Waals surface area contributed by atoms with E-state index in [0.717, 1.165) is 25.1 Å². The molecule has 1 heterocycles. The molecule has 2 unspecified atom stereocenters. The third-order valence-corrected chi connectivity index (χ3v) is 3.64. The molecule has 0 radical (unpaired) electrons. The third-order valence-electron chi connectivity index (χ3n) is 3.64. The summed E-state index contributed by atoms with van der Waals surface area (Å²) in [4.78, 5) is 13.7. The summed E-state index contributed by atoms with van der Waals surface area (Å²) < 4.78 is 0. The second kappa shape index (κ2) is 5.40. The summed E-state index contributed by atoms with van der Waals surface area (Å²) in [6.07, 6.45) is 3.41. The van der Waals surface area contributed by atoms with E-state index in [9.17, 15) is 4.79 Å². The number of primary amides is 1. The summed E-state index contributed by atoms with van der Waals surface area (Å²) in [5.74, 6) is -0.375. The van der Waals surface area contributed by atoms with E-state index in [1.807, 2.05) is 25.1 Å². The third kappa shape index (κ3) is 2.48. The van der Waals surface area contributed by atoms with Gasteiger partial charge in [0.2, 0.25) is 0 Å². The smallest absolute Gasteiger partial charge is 0.250 e. The van der Waals surface area contributed by atoms with Crippen molar-refractivity contribution in [2.24, 2.45) is 11.5 Å². The van der Waals surface area contributed by atoms with E-state index in [0.29, 0.717) is 11.6 Å². The van der Waals surface area contributed by atoms with Crippen LogP contribution in [0.2, 0.25) is 0 Å². The Balaban J connectivity index is 2.36. The number of rotatable bonds is 3. The van der Waals surface area contributed by atoms with E-state index >= 15 is 0 Å². The molecule has 1 amide bonds. The number of piperidine rings is 1. The first kappa shape index (κ1) is 12.9. The van der Waals surface area contributed by atoms with Crippen molar-refractivity contribution in [3.63, 3.8) is 0 Å². The molecule has 1 aromatic rings. The van der Waals surface area contributed by atoms with Gasteiger partial charge in [-0.15, -0.1) is 0 Å². The Labute approximate surface area is 108 Å². The van der Waals surface area contributed by atoms with E-state index in [4.69, 9.17) is 11.5 Å². The zero-order chi connectivity index (χ0) is 13.1. The SMILES string of the molecule is CC(N)C1CCCCN1c1ccccc1C(N)=O. The standard InChI is InChI=1S/C14H21N3O/c1-10(15)12-7-4-5-9-17(12)13-8-3-2-6-11(13)14(16)18/h2-3,6,8,10,12H,4-5,7,9,15H2,1H3,(H2,16,18). The van der Waals surface area contributed by atoms with E-state index in [1.165, 1.54) is 6.42 Å². The maximum absolute atomic E-state index is 11.5. The van der Waals surface area contributed by atoms with E-state index in [2.05, 4.69) is 4.90 Å². The molecule has 0 bridgehead atoms. The van der Waals surface area contributed by atoms with Gasteiger partial charge < -0.3 is 16.4 Å². The fourth-order valence-electron chi connectivity index (χ4n) is 2.74. The quantitative estimate of drug-likeness (QED) is 0.850. The minimum Gasteiger partial charge on any atom is -0.366 e. The zero-order valence-corrected chi connectivity index (χ0v) is 10.8. The summed E-state index contributed by atoms with van der Waals surface area (Å²) in [6.45, 7) is 2.96. The van der Waals surface area contributed by atoms with Gasteiger partial charge in [0.05, 0.1) is 5.56 Å². The molecule has 1 saturated heterocycles. The number of nitrogens with zero attached hydrogens (tertiary/aromatic N) is 1. The Morgan fingerprint density at radius 3 is 2.78 bits per heavy atom. The van der Waals surface area contributed by atoms with Crippen molar-refractivity contribution in [3.05, 3.63) is 29.8 Å². The first-order chi connectivity index (χ1) is 8.61. The van der Waals surface area contributed by atoms with Gasteiger partial charge in [0.25, 0.3) is 5.91 Å². The molecule has 4 N–H and O–H groups in total. The average Bonchev–Trinajstić information content (AvgIpc) is 2.38. The van der Waals surface area contributed by atoms with Crippen LogP contribution in [0, 0.1) is 0 Å². The van der Waals surface area contributed by atoms with Crippen LogP contribution in [0.25, 0.3) is 0 Å². The number of hydrogen-bond donors (Lipinski definition) is 2. The van der Waals surface area contributed by atoms with Crippen LogP contribution >= 0.6 is 0 Å². The number of nitrogens with two attached hydrogens (primary N) is 2. The molecule has 1 aliphatic rings. The molecule has 2 atom stereocenters. The number of carbonyl (C=O) groups excluding carboxylic acids is 1. The van der Waals surface area contributed by atoms with Gasteiger partial charge >= 0.3 is 0 Å². The summed E-state index contributed by atoms with van der Waals surface area (Å²) in [5.41, 5.74) is 13.0. The molecule has 98 valence electrons. The van der Waals surface area contributed by atoms with Crippen molar-refractivity contribution in [3.8, 4) is 0 Å². The molecule has 0 spiro atoms. The molecule has 1 aliphatic heterocycles. The van der Waals surface area contributed by atoms with E-state index < -0.39 is 0 Å². The van der Waals surface area contributed by atoms with Gasteiger partial charge in [0.15, 0.2) is 0 Å². The van der Waals surface area contributed by atoms with Crippen molar-refractivity contribution < 1.29 is 4.79 Å². The molecular weight excluding hydrogens is 226 g/mol. The van der Waals surface area contributed by atoms with Gasteiger partial charge in [-0.3, -0.25) is 4.79 Å². The van der Waals surface area contributed by atoms with E-state index in [-0.39, 0.29) is 11.9 Å². The Bertz CT molecular complexity index is 431. The number of benzene rings is 1. The number of para-hydroxylation sites is 1. The van der Waals surface area contributed by atoms with Crippen LogP contribution in [0.4, 0.5) is 5.69 Å². The first-order valence-electron chi connectivity index (χ1n) is 6.52. The minimum atomic E-state index is -0.375. The second-order valence-electron chi connectivity index (χ2n) is 5.00. The zero-order valence-electron chi connectivity index (χ0n) is 10.8. The normalized spacial score (nSPS) is 21.7. The lowest BCUT2D eigenvalue weighted by Gasteiger charge is -2.40. The topological polar surface area (TPSA) is 72.3 Å². The highest BCUT2D eigenvalue weighted by Gasteiger charge is 2.27. The van der Waals surface area contributed by atoms with Crippen molar-refractivity contribution >= 4 is 11.6 Å². The molecule has 1 fully saturated rings. The molecule has 0 aromatic heterocycles.